The van der Waals surface area contributed by atoms with Crippen molar-refractivity contribution in [1.82, 2.24) is 0 Å². The van der Waals surface area contributed by atoms with E-state index in [-0.39, 0.29) is 25.9 Å². The van der Waals surface area contributed by atoms with Crippen LogP contribution in [-0.2, 0) is 42.9 Å². The number of esters is 3. The van der Waals surface area contributed by atoms with E-state index in [1.165, 1.54) is 173 Å². The molecule has 0 aliphatic carbocycles. The predicted molar refractivity (Wildman–Crippen MR) is 340 cm³/mol. The fourth-order valence-corrected chi connectivity index (χ4v) is 10.5. The van der Waals surface area contributed by atoms with Crippen molar-refractivity contribution in [1.29, 1.82) is 0 Å². The van der Waals surface area contributed by atoms with Crippen molar-refractivity contribution in [3.05, 3.63) is 48.6 Å². The number of aliphatic hydroxyl groups excluding tert-OH is 2. The zero-order valence-corrected chi connectivity index (χ0v) is 53.5. The van der Waals surface area contributed by atoms with Crippen LogP contribution in [0, 0.1) is 0 Å². The number of unbranched alkanes of at least 4 members (excludes halogenated alkanes) is 38. The Morgan fingerprint density at radius 1 is 0.398 bits per heavy atom. The summed E-state index contributed by atoms with van der Waals surface area (Å²) in [5, 5.41) is 31.7. The Morgan fingerprint density at radius 3 is 1.12 bits per heavy atom. The zero-order chi connectivity index (χ0) is 60.3. The summed E-state index contributed by atoms with van der Waals surface area (Å²) in [5.41, 5.74) is 0. The van der Waals surface area contributed by atoms with Gasteiger partial charge in [0, 0.05) is 19.3 Å². The lowest BCUT2D eigenvalue weighted by Crippen LogP contribution is -2.61. The molecular formula is C71H126O12. The summed E-state index contributed by atoms with van der Waals surface area (Å²) in [5.74, 6) is -3.11. The number of aliphatic carboxylic acids is 1. The maximum absolute atomic E-state index is 13.2. The fourth-order valence-electron chi connectivity index (χ4n) is 10.5. The van der Waals surface area contributed by atoms with Crippen LogP contribution in [0.15, 0.2) is 48.6 Å². The minimum Gasteiger partial charge on any atom is -0.479 e. The summed E-state index contributed by atoms with van der Waals surface area (Å²) in [6.45, 7) is 6.01. The van der Waals surface area contributed by atoms with Gasteiger partial charge in [-0.3, -0.25) is 14.4 Å². The zero-order valence-electron chi connectivity index (χ0n) is 53.5. The molecule has 482 valence electrons. The molecule has 0 aromatic rings. The van der Waals surface area contributed by atoms with Crippen molar-refractivity contribution >= 4 is 23.9 Å². The van der Waals surface area contributed by atoms with Crippen molar-refractivity contribution in [2.75, 3.05) is 13.2 Å². The van der Waals surface area contributed by atoms with Crippen LogP contribution in [0.2, 0.25) is 0 Å². The molecule has 0 amide bonds. The molecule has 1 aliphatic rings. The Balaban J connectivity index is 2.64. The summed E-state index contributed by atoms with van der Waals surface area (Å²) in [7, 11) is 0. The van der Waals surface area contributed by atoms with Gasteiger partial charge in [0.15, 0.2) is 24.6 Å². The molecule has 1 saturated heterocycles. The highest BCUT2D eigenvalue weighted by atomic mass is 16.7. The van der Waals surface area contributed by atoms with Crippen molar-refractivity contribution in [2.45, 2.75) is 366 Å². The van der Waals surface area contributed by atoms with E-state index < -0.39 is 67.3 Å². The first kappa shape index (κ1) is 77.7. The van der Waals surface area contributed by atoms with Gasteiger partial charge in [0.25, 0.3) is 0 Å². The summed E-state index contributed by atoms with van der Waals surface area (Å²) in [6, 6.07) is 0. The monoisotopic (exact) mass is 1170 g/mol. The summed E-state index contributed by atoms with van der Waals surface area (Å²) in [6.07, 6.45) is 60.6. The molecule has 0 radical (unpaired) electrons. The van der Waals surface area contributed by atoms with Crippen molar-refractivity contribution in [3.63, 3.8) is 0 Å². The van der Waals surface area contributed by atoms with E-state index in [4.69, 9.17) is 23.7 Å². The van der Waals surface area contributed by atoms with Crippen LogP contribution in [0.25, 0.3) is 0 Å². The molecule has 1 heterocycles. The third kappa shape index (κ3) is 48.5. The summed E-state index contributed by atoms with van der Waals surface area (Å²) < 4.78 is 28.6. The average Bonchev–Trinajstić information content (AvgIpc) is 3.55. The molecule has 83 heavy (non-hydrogen) atoms. The van der Waals surface area contributed by atoms with Gasteiger partial charge in [-0.15, -0.1) is 0 Å². The summed E-state index contributed by atoms with van der Waals surface area (Å²) in [4.78, 5) is 51.4. The summed E-state index contributed by atoms with van der Waals surface area (Å²) >= 11 is 0. The molecule has 12 nitrogen and oxygen atoms in total. The Hall–Kier alpha value is -3.32. The number of aliphatic hydroxyl groups is 2. The van der Waals surface area contributed by atoms with Crippen LogP contribution >= 0.6 is 0 Å². The first-order valence-electron chi connectivity index (χ1n) is 34.6. The largest absolute Gasteiger partial charge is 0.479 e. The SMILES string of the molecule is CCCCC/C=C\C/C=C\CCCCCCCCCCCC(=O)OC1C(OCC(COC(=O)CCCCCCCCC/C=C\CCCCCCCC)OC(=O)CCCCCCCCC/C=C\CCCCCCCC)OC(C(=O)O)C(O)C1O. The first-order valence-corrected chi connectivity index (χ1v) is 34.6. The highest BCUT2D eigenvalue weighted by molar-refractivity contribution is 5.74. The first-order chi connectivity index (χ1) is 40.6. The maximum atomic E-state index is 13.2. The number of ether oxygens (including phenoxy) is 5. The molecule has 6 atom stereocenters. The molecule has 1 fully saturated rings. The van der Waals surface area contributed by atoms with Gasteiger partial charge in [-0.2, -0.15) is 0 Å². The van der Waals surface area contributed by atoms with E-state index >= 15 is 0 Å². The molecular weight excluding hydrogens is 1040 g/mol. The minimum absolute atomic E-state index is 0.0566. The van der Waals surface area contributed by atoms with Gasteiger partial charge in [0.2, 0.25) is 0 Å². The van der Waals surface area contributed by atoms with Crippen LogP contribution in [0.5, 0.6) is 0 Å². The number of hydrogen-bond donors (Lipinski definition) is 3. The number of rotatable bonds is 60. The van der Waals surface area contributed by atoms with Gasteiger partial charge in [0.05, 0.1) is 6.61 Å². The molecule has 1 rings (SSSR count). The van der Waals surface area contributed by atoms with E-state index in [0.717, 1.165) is 96.3 Å². The number of carbonyl (C=O) groups excluding carboxylic acids is 3. The topological polar surface area (TPSA) is 175 Å². The lowest BCUT2D eigenvalue weighted by atomic mass is 9.98. The number of allylic oxidation sites excluding steroid dienone is 8. The second-order valence-electron chi connectivity index (χ2n) is 23.8. The molecule has 1 aliphatic heterocycles. The molecule has 0 spiro atoms. The van der Waals surface area contributed by atoms with Crippen molar-refractivity contribution < 1.29 is 58.2 Å². The van der Waals surface area contributed by atoms with Crippen LogP contribution in [0.4, 0.5) is 0 Å². The molecule has 3 N–H and O–H groups in total. The van der Waals surface area contributed by atoms with Gasteiger partial charge in [-0.25, -0.2) is 4.79 Å². The van der Waals surface area contributed by atoms with E-state index in [0.29, 0.717) is 19.3 Å². The molecule has 0 bridgehead atoms. The smallest absolute Gasteiger partial charge is 0.335 e. The Morgan fingerprint density at radius 2 is 0.723 bits per heavy atom. The third-order valence-electron chi connectivity index (χ3n) is 15.8. The Kier molecular flexibility index (Phi) is 55.3. The van der Waals surface area contributed by atoms with Gasteiger partial charge < -0.3 is 39.0 Å². The highest BCUT2D eigenvalue weighted by Gasteiger charge is 2.50. The lowest BCUT2D eigenvalue weighted by molar-refractivity contribution is -0.301. The van der Waals surface area contributed by atoms with E-state index in [9.17, 15) is 34.5 Å². The lowest BCUT2D eigenvalue weighted by Gasteiger charge is -2.40. The number of hydrogen-bond acceptors (Lipinski definition) is 11. The molecule has 0 aromatic carbocycles. The minimum atomic E-state index is -1.91. The van der Waals surface area contributed by atoms with Gasteiger partial charge in [0.1, 0.15) is 18.8 Å². The standard InChI is InChI=1S/C71H126O12/c1-4-7-10-13-16-19-22-25-28-31-32-35-38-41-44-47-50-53-56-59-65(74)82-69-67(76)66(75)68(70(77)78)83-71(69)80-61-62(81-64(73)58-55-52-49-46-43-40-37-34-30-27-24-21-18-15-12-9-6-3)60-79-63(72)57-54-51-48-45-42-39-36-33-29-26-23-20-17-14-11-8-5-2/h16,19,25-30,62,66-69,71,75-76H,4-15,17-18,20-24,31-61H2,1-3H3,(H,77,78)/b19-16-,28-25-,29-26-,30-27-. The average molecular weight is 1170 g/mol. The van der Waals surface area contributed by atoms with E-state index in [1.54, 1.807) is 0 Å². The van der Waals surface area contributed by atoms with Crippen molar-refractivity contribution in [2.24, 2.45) is 0 Å². The van der Waals surface area contributed by atoms with E-state index in [1.807, 2.05) is 0 Å². The second-order valence-corrected chi connectivity index (χ2v) is 23.8. The van der Waals surface area contributed by atoms with Gasteiger partial charge in [-0.1, -0.05) is 256 Å². The quantitative estimate of drug-likeness (QED) is 0.0228. The van der Waals surface area contributed by atoms with Gasteiger partial charge >= 0.3 is 23.9 Å². The molecule has 0 aromatic heterocycles. The van der Waals surface area contributed by atoms with Crippen LogP contribution < -0.4 is 0 Å². The maximum Gasteiger partial charge on any atom is 0.335 e. The normalized spacial score (nSPS) is 17.8. The van der Waals surface area contributed by atoms with Gasteiger partial charge in [-0.05, 0) is 103 Å². The van der Waals surface area contributed by atoms with Crippen LogP contribution in [-0.4, -0.2) is 89.2 Å². The molecule has 6 unspecified atom stereocenters. The highest BCUT2D eigenvalue weighted by Crippen LogP contribution is 2.27. The van der Waals surface area contributed by atoms with Crippen molar-refractivity contribution in [3.8, 4) is 0 Å². The second kappa shape index (κ2) is 59.0. The Bertz CT molecular complexity index is 1630. The van der Waals surface area contributed by atoms with E-state index in [2.05, 4.69) is 69.4 Å². The number of carboxylic acids is 1. The number of carbonyl (C=O) groups is 4. The Labute approximate surface area is 507 Å². The number of carboxylic acid groups (broad SMARTS) is 1. The van der Waals surface area contributed by atoms with Crippen LogP contribution in [0.3, 0.4) is 0 Å². The van der Waals surface area contributed by atoms with Crippen LogP contribution in [0.1, 0.15) is 329 Å². The molecule has 0 saturated carbocycles. The predicted octanol–water partition coefficient (Wildman–Crippen LogP) is 18.9. The molecule has 12 heteroatoms. The fraction of sp³-hybridized carbons (Fsp3) is 0.831. The third-order valence-corrected chi connectivity index (χ3v) is 15.8.